The number of hydrogen-bond donors (Lipinski definition) is 0. The fourth-order valence-corrected chi connectivity index (χ4v) is 4.81. The SMILES string of the molecule is CO/C=C1\[C@@H]2CCN3[C@@H](C#N)C[C@@](C(=O)OC)([C@@H](OC(C)=O)C2)[C@@H]13. The average molecular weight is 334 g/mol. The van der Waals surface area contributed by atoms with E-state index in [0.29, 0.717) is 12.8 Å². The molecule has 2 heterocycles. The average Bonchev–Trinajstić information content (AvgIpc) is 2.93. The summed E-state index contributed by atoms with van der Waals surface area (Å²) in [7, 11) is 2.91. The fourth-order valence-electron chi connectivity index (χ4n) is 4.81. The number of carbonyl (C=O) groups is 2. The van der Waals surface area contributed by atoms with Gasteiger partial charge in [0.2, 0.25) is 0 Å². The topological polar surface area (TPSA) is 88.9 Å². The van der Waals surface area contributed by atoms with E-state index >= 15 is 0 Å². The predicted molar refractivity (Wildman–Crippen MR) is 82.3 cm³/mol. The summed E-state index contributed by atoms with van der Waals surface area (Å²) in [6, 6.07) is 1.56. The normalized spacial score (nSPS) is 39.2. The van der Waals surface area contributed by atoms with Gasteiger partial charge in [-0.25, -0.2) is 0 Å². The lowest BCUT2D eigenvalue weighted by Gasteiger charge is -2.51. The molecule has 3 fully saturated rings. The molecule has 3 rings (SSSR count). The van der Waals surface area contributed by atoms with Gasteiger partial charge in [0.25, 0.3) is 0 Å². The number of carbonyl (C=O) groups excluding carboxylic acids is 2. The van der Waals surface area contributed by atoms with Crippen molar-refractivity contribution >= 4 is 11.9 Å². The molecule has 0 amide bonds. The number of rotatable bonds is 3. The summed E-state index contributed by atoms with van der Waals surface area (Å²) in [5.74, 6) is -0.679. The summed E-state index contributed by atoms with van der Waals surface area (Å²) in [6.45, 7) is 2.08. The van der Waals surface area contributed by atoms with Crippen LogP contribution in [0.2, 0.25) is 0 Å². The Morgan fingerprint density at radius 2 is 2.17 bits per heavy atom. The van der Waals surface area contributed by atoms with E-state index < -0.39 is 29.5 Å². The first kappa shape index (κ1) is 16.8. The summed E-state index contributed by atoms with van der Waals surface area (Å²) < 4.78 is 15.9. The molecule has 0 spiro atoms. The first-order chi connectivity index (χ1) is 11.5. The standard InChI is InChI=1S/C17H22N2O5/c1-10(20)24-14-6-11-4-5-19-12(8-18)7-17(14,16(21)23-3)15(19)13(11)9-22-2/h9,11-12,14-15H,4-7H2,1-3H3/b13-9+/t11-,12-,14+,15-,17-/m1/s1. The van der Waals surface area contributed by atoms with Crippen molar-refractivity contribution < 1.29 is 23.8 Å². The zero-order chi connectivity index (χ0) is 17.5. The molecule has 2 bridgehead atoms. The van der Waals surface area contributed by atoms with E-state index in [0.717, 1.165) is 18.5 Å². The van der Waals surface area contributed by atoms with E-state index in [2.05, 4.69) is 6.07 Å². The molecular weight excluding hydrogens is 312 g/mol. The van der Waals surface area contributed by atoms with Gasteiger partial charge in [-0.3, -0.25) is 14.5 Å². The summed E-state index contributed by atoms with van der Waals surface area (Å²) in [5, 5.41) is 9.58. The Morgan fingerprint density at radius 1 is 1.42 bits per heavy atom. The summed E-state index contributed by atoms with van der Waals surface area (Å²) in [6.07, 6.45) is 2.79. The number of piperidine rings is 1. The number of nitrogens with zero attached hydrogens (tertiary/aromatic N) is 2. The van der Waals surface area contributed by atoms with E-state index in [1.807, 2.05) is 4.90 Å². The van der Waals surface area contributed by atoms with Crippen molar-refractivity contribution in [1.82, 2.24) is 4.90 Å². The van der Waals surface area contributed by atoms with Crippen LogP contribution in [0.3, 0.4) is 0 Å². The van der Waals surface area contributed by atoms with Gasteiger partial charge in [0.05, 0.1) is 38.6 Å². The summed E-state index contributed by atoms with van der Waals surface area (Å²) in [5.41, 5.74) is -0.0578. The number of ether oxygens (including phenoxy) is 3. The van der Waals surface area contributed by atoms with E-state index in [-0.39, 0.29) is 12.0 Å². The molecule has 2 aliphatic heterocycles. The number of nitriles is 1. The number of hydrogen-bond acceptors (Lipinski definition) is 7. The van der Waals surface area contributed by atoms with Crippen LogP contribution in [-0.2, 0) is 23.8 Å². The third-order valence-corrected chi connectivity index (χ3v) is 5.62. The highest BCUT2D eigenvalue weighted by atomic mass is 16.6. The first-order valence-electron chi connectivity index (χ1n) is 8.13. The summed E-state index contributed by atoms with van der Waals surface area (Å²) >= 11 is 0. The van der Waals surface area contributed by atoms with Gasteiger partial charge < -0.3 is 14.2 Å². The second kappa shape index (κ2) is 6.10. The lowest BCUT2D eigenvalue weighted by Crippen LogP contribution is -2.61. The molecule has 0 radical (unpaired) electrons. The largest absolute Gasteiger partial charge is 0.504 e. The highest BCUT2D eigenvalue weighted by molar-refractivity contribution is 5.81. The monoisotopic (exact) mass is 334 g/mol. The molecule has 0 N–H and O–H groups in total. The molecule has 3 aliphatic rings. The van der Waals surface area contributed by atoms with Crippen LogP contribution >= 0.6 is 0 Å². The Balaban J connectivity index is 2.15. The Labute approximate surface area is 141 Å². The molecule has 24 heavy (non-hydrogen) atoms. The van der Waals surface area contributed by atoms with Crippen molar-refractivity contribution in [2.24, 2.45) is 11.3 Å². The molecule has 7 nitrogen and oxygen atoms in total. The van der Waals surface area contributed by atoms with Crippen LogP contribution in [0.5, 0.6) is 0 Å². The molecule has 0 aromatic rings. The Morgan fingerprint density at radius 3 is 2.75 bits per heavy atom. The second-order valence-electron chi connectivity index (χ2n) is 6.69. The lowest BCUT2D eigenvalue weighted by molar-refractivity contribution is -0.178. The maximum atomic E-state index is 12.8. The van der Waals surface area contributed by atoms with E-state index in [9.17, 15) is 14.9 Å². The zero-order valence-corrected chi connectivity index (χ0v) is 14.2. The van der Waals surface area contributed by atoms with Crippen molar-refractivity contribution in [1.29, 1.82) is 5.26 Å². The van der Waals surface area contributed by atoms with Crippen molar-refractivity contribution in [3.63, 3.8) is 0 Å². The van der Waals surface area contributed by atoms with Gasteiger partial charge in [0.1, 0.15) is 11.5 Å². The van der Waals surface area contributed by atoms with E-state index in [1.54, 1.807) is 13.4 Å². The van der Waals surface area contributed by atoms with Gasteiger partial charge in [0, 0.05) is 13.5 Å². The van der Waals surface area contributed by atoms with Crippen molar-refractivity contribution in [3.05, 3.63) is 11.8 Å². The van der Waals surface area contributed by atoms with Gasteiger partial charge in [-0.15, -0.1) is 0 Å². The highest BCUT2D eigenvalue weighted by Crippen LogP contribution is 2.57. The first-order valence-corrected chi connectivity index (χ1v) is 8.13. The number of methoxy groups -OCH3 is 2. The van der Waals surface area contributed by atoms with Crippen LogP contribution in [0.25, 0.3) is 0 Å². The second-order valence-corrected chi connectivity index (χ2v) is 6.69. The minimum atomic E-state index is -1.05. The molecular formula is C17H22N2O5. The molecule has 0 aromatic carbocycles. The van der Waals surface area contributed by atoms with Gasteiger partial charge >= 0.3 is 11.9 Å². The fraction of sp³-hybridized carbons (Fsp3) is 0.706. The van der Waals surface area contributed by atoms with Gasteiger partial charge in [-0.1, -0.05) is 0 Å². The van der Waals surface area contributed by atoms with E-state index in [1.165, 1.54) is 14.0 Å². The predicted octanol–water partition coefficient (Wildman–Crippen LogP) is 0.998. The third-order valence-electron chi connectivity index (χ3n) is 5.62. The maximum Gasteiger partial charge on any atom is 0.317 e. The number of fused-ring (bicyclic) bond motifs is 1. The Bertz CT molecular complexity index is 625. The molecule has 1 saturated carbocycles. The summed E-state index contributed by atoms with van der Waals surface area (Å²) in [4.78, 5) is 26.5. The quantitative estimate of drug-likeness (QED) is 0.562. The van der Waals surface area contributed by atoms with Gasteiger partial charge in [-0.2, -0.15) is 5.26 Å². The van der Waals surface area contributed by atoms with Crippen LogP contribution in [-0.4, -0.2) is 55.8 Å². The molecule has 0 aromatic heterocycles. The highest BCUT2D eigenvalue weighted by Gasteiger charge is 2.68. The molecule has 5 atom stereocenters. The Kier molecular flexibility index (Phi) is 4.26. The minimum absolute atomic E-state index is 0.172. The maximum absolute atomic E-state index is 12.8. The van der Waals surface area contributed by atoms with Crippen LogP contribution in [0.4, 0.5) is 0 Å². The van der Waals surface area contributed by atoms with Crippen LogP contribution < -0.4 is 0 Å². The molecule has 1 aliphatic carbocycles. The zero-order valence-electron chi connectivity index (χ0n) is 14.2. The minimum Gasteiger partial charge on any atom is -0.504 e. The molecule has 7 heteroatoms. The van der Waals surface area contributed by atoms with Crippen LogP contribution in [0, 0.1) is 22.7 Å². The van der Waals surface area contributed by atoms with Gasteiger partial charge in [-0.05, 0) is 30.8 Å². The Hall–Kier alpha value is -2.07. The molecule has 0 unspecified atom stereocenters. The molecule has 2 saturated heterocycles. The molecule has 130 valence electrons. The lowest BCUT2D eigenvalue weighted by atomic mass is 9.61. The van der Waals surface area contributed by atoms with Gasteiger partial charge in [0.15, 0.2) is 0 Å². The van der Waals surface area contributed by atoms with Crippen molar-refractivity contribution in [3.8, 4) is 6.07 Å². The van der Waals surface area contributed by atoms with Crippen molar-refractivity contribution in [2.45, 2.75) is 44.4 Å². The van der Waals surface area contributed by atoms with Crippen LogP contribution in [0.1, 0.15) is 26.2 Å². The third kappa shape index (κ3) is 2.20. The number of esters is 2. The van der Waals surface area contributed by atoms with Crippen molar-refractivity contribution in [2.75, 3.05) is 20.8 Å². The van der Waals surface area contributed by atoms with Crippen LogP contribution in [0.15, 0.2) is 11.8 Å². The van der Waals surface area contributed by atoms with E-state index in [4.69, 9.17) is 14.2 Å². The smallest absolute Gasteiger partial charge is 0.317 e.